The van der Waals surface area contributed by atoms with Crippen LogP contribution in [0.5, 0.6) is 0 Å². The zero-order valence-electron chi connectivity index (χ0n) is 9.72. The molecule has 3 N–H and O–H groups in total. The van der Waals surface area contributed by atoms with Crippen LogP contribution >= 0.6 is 0 Å². The maximum absolute atomic E-state index is 11.9. The van der Waals surface area contributed by atoms with E-state index in [2.05, 4.69) is 15.6 Å². The lowest BCUT2D eigenvalue weighted by molar-refractivity contribution is 0.0696. The predicted molar refractivity (Wildman–Crippen MR) is 64.7 cm³/mol. The van der Waals surface area contributed by atoms with Gasteiger partial charge >= 0.3 is 12.0 Å². The molecule has 0 aromatic carbocycles. The zero-order valence-corrected chi connectivity index (χ0v) is 9.72. The van der Waals surface area contributed by atoms with E-state index in [0.29, 0.717) is 18.8 Å². The number of pyridine rings is 1. The number of aromatic carboxylic acids is 1. The SMILES string of the molecule is O=C(O)c1cncc(NC(=O)N2CCNCC2)c1. The first-order valence-corrected chi connectivity index (χ1v) is 5.62. The Morgan fingerprint density at radius 3 is 2.72 bits per heavy atom. The van der Waals surface area contributed by atoms with E-state index in [-0.39, 0.29) is 11.6 Å². The second-order valence-electron chi connectivity index (χ2n) is 3.93. The van der Waals surface area contributed by atoms with E-state index < -0.39 is 5.97 Å². The molecule has 0 bridgehead atoms. The number of urea groups is 1. The first-order valence-electron chi connectivity index (χ1n) is 5.62. The van der Waals surface area contributed by atoms with E-state index in [1.165, 1.54) is 18.5 Å². The van der Waals surface area contributed by atoms with Gasteiger partial charge in [0.25, 0.3) is 0 Å². The van der Waals surface area contributed by atoms with Gasteiger partial charge in [-0.2, -0.15) is 0 Å². The van der Waals surface area contributed by atoms with E-state index in [4.69, 9.17) is 5.11 Å². The number of aromatic nitrogens is 1. The summed E-state index contributed by atoms with van der Waals surface area (Å²) in [4.78, 5) is 28.1. The van der Waals surface area contributed by atoms with Crippen molar-refractivity contribution in [3.8, 4) is 0 Å². The van der Waals surface area contributed by atoms with Crippen molar-refractivity contribution < 1.29 is 14.7 Å². The number of hydrogen-bond acceptors (Lipinski definition) is 4. The lowest BCUT2D eigenvalue weighted by Gasteiger charge is -2.27. The normalized spacial score (nSPS) is 15.2. The minimum Gasteiger partial charge on any atom is -0.478 e. The lowest BCUT2D eigenvalue weighted by atomic mass is 10.2. The maximum atomic E-state index is 11.9. The van der Waals surface area contributed by atoms with Gasteiger partial charge in [-0.15, -0.1) is 0 Å². The third-order valence-corrected chi connectivity index (χ3v) is 2.64. The highest BCUT2D eigenvalue weighted by Gasteiger charge is 2.16. The molecule has 0 aliphatic carbocycles. The fourth-order valence-electron chi connectivity index (χ4n) is 1.70. The van der Waals surface area contributed by atoms with Crippen LogP contribution in [-0.2, 0) is 0 Å². The van der Waals surface area contributed by atoms with E-state index in [0.717, 1.165) is 13.1 Å². The molecule has 0 atom stereocenters. The minimum absolute atomic E-state index is 0.0492. The van der Waals surface area contributed by atoms with Crippen molar-refractivity contribution in [1.29, 1.82) is 0 Å². The molecule has 7 nitrogen and oxygen atoms in total. The van der Waals surface area contributed by atoms with Crippen molar-refractivity contribution in [3.05, 3.63) is 24.0 Å². The number of piperazine rings is 1. The van der Waals surface area contributed by atoms with Crippen molar-refractivity contribution in [2.75, 3.05) is 31.5 Å². The summed E-state index contributed by atoms with van der Waals surface area (Å²) < 4.78 is 0. The highest BCUT2D eigenvalue weighted by molar-refractivity contribution is 5.92. The average molecular weight is 250 g/mol. The van der Waals surface area contributed by atoms with Crippen molar-refractivity contribution in [3.63, 3.8) is 0 Å². The first-order chi connectivity index (χ1) is 8.66. The molecule has 1 aliphatic heterocycles. The third kappa shape index (κ3) is 2.95. The van der Waals surface area contributed by atoms with Crippen LogP contribution in [0, 0.1) is 0 Å². The molecule has 2 rings (SSSR count). The number of carboxylic acid groups (broad SMARTS) is 1. The van der Waals surface area contributed by atoms with Crippen LogP contribution in [-0.4, -0.2) is 53.2 Å². The molecule has 1 aliphatic rings. The molecule has 1 fully saturated rings. The molecule has 96 valence electrons. The van der Waals surface area contributed by atoms with Gasteiger partial charge in [-0.3, -0.25) is 4.98 Å². The lowest BCUT2D eigenvalue weighted by Crippen LogP contribution is -2.48. The Morgan fingerprint density at radius 2 is 2.06 bits per heavy atom. The molecule has 0 unspecified atom stereocenters. The molecule has 18 heavy (non-hydrogen) atoms. The number of carbonyl (C=O) groups excluding carboxylic acids is 1. The van der Waals surface area contributed by atoms with Crippen LogP contribution in [0.25, 0.3) is 0 Å². The molecule has 2 amide bonds. The quantitative estimate of drug-likeness (QED) is 0.698. The molecule has 7 heteroatoms. The Hall–Kier alpha value is -2.15. The molecule has 1 aromatic heterocycles. The fourth-order valence-corrected chi connectivity index (χ4v) is 1.70. The third-order valence-electron chi connectivity index (χ3n) is 2.64. The Balaban J connectivity index is 2.02. The standard InChI is InChI=1S/C11H14N4O3/c16-10(17)8-5-9(7-13-6-8)14-11(18)15-3-1-12-2-4-15/h5-7,12H,1-4H2,(H,14,18)(H,16,17). The van der Waals surface area contributed by atoms with E-state index >= 15 is 0 Å². The van der Waals surface area contributed by atoms with E-state index in [9.17, 15) is 9.59 Å². The highest BCUT2D eigenvalue weighted by Crippen LogP contribution is 2.09. The van der Waals surface area contributed by atoms with Crippen LogP contribution in [0.15, 0.2) is 18.5 Å². The van der Waals surface area contributed by atoms with Crippen LogP contribution in [0.3, 0.4) is 0 Å². The summed E-state index contributed by atoms with van der Waals surface area (Å²) in [5, 5.41) is 14.6. The number of hydrogen-bond donors (Lipinski definition) is 3. The van der Waals surface area contributed by atoms with Gasteiger partial charge in [0, 0.05) is 32.4 Å². The first kappa shape index (κ1) is 12.3. The van der Waals surface area contributed by atoms with Crippen LogP contribution in [0.2, 0.25) is 0 Å². The number of carboxylic acids is 1. The highest BCUT2D eigenvalue weighted by atomic mass is 16.4. The van der Waals surface area contributed by atoms with Gasteiger partial charge in [-0.1, -0.05) is 0 Å². The molecule has 1 aromatic rings. The van der Waals surface area contributed by atoms with Gasteiger partial charge in [0.05, 0.1) is 17.4 Å². The number of anilines is 1. The number of nitrogens with zero attached hydrogens (tertiary/aromatic N) is 2. The molecular weight excluding hydrogens is 236 g/mol. The maximum Gasteiger partial charge on any atom is 0.337 e. The Kier molecular flexibility index (Phi) is 3.73. The summed E-state index contributed by atoms with van der Waals surface area (Å²) in [6, 6.07) is 1.15. The molecular formula is C11H14N4O3. The smallest absolute Gasteiger partial charge is 0.337 e. The number of rotatable bonds is 2. The summed E-state index contributed by atoms with van der Waals surface area (Å²) in [6.45, 7) is 2.80. The van der Waals surface area contributed by atoms with Gasteiger partial charge < -0.3 is 20.6 Å². The average Bonchev–Trinajstić information content (AvgIpc) is 2.40. The number of carbonyl (C=O) groups is 2. The van der Waals surface area contributed by atoms with Gasteiger partial charge in [0.15, 0.2) is 0 Å². The minimum atomic E-state index is -1.07. The van der Waals surface area contributed by atoms with Crippen LogP contribution < -0.4 is 10.6 Å². The summed E-state index contributed by atoms with van der Waals surface area (Å²) in [5.41, 5.74) is 0.437. The summed E-state index contributed by atoms with van der Waals surface area (Å²) in [7, 11) is 0. The van der Waals surface area contributed by atoms with Crippen molar-refractivity contribution in [2.45, 2.75) is 0 Å². The molecule has 0 radical (unpaired) electrons. The Labute approximate surface area is 104 Å². The van der Waals surface area contributed by atoms with Crippen molar-refractivity contribution in [2.24, 2.45) is 0 Å². The molecule has 0 spiro atoms. The predicted octanol–water partition coefficient (Wildman–Crippen LogP) is 0.217. The molecule has 1 saturated heterocycles. The van der Waals surface area contributed by atoms with Crippen molar-refractivity contribution >= 4 is 17.7 Å². The zero-order chi connectivity index (χ0) is 13.0. The van der Waals surface area contributed by atoms with Crippen LogP contribution in [0.1, 0.15) is 10.4 Å². The van der Waals surface area contributed by atoms with Gasteiger partial charge in [0.1, 0.15) is 0 Å². The van der Waals surface area contributed by atoms with Crippen molar-refractivity contribution in [1.82, 2.24) is 15.2 Å². The van der Waals surface area contributed by atoms with Gasteiger partial charge in [-0.05, 0) is 6.07 Å². The molecule has 0 saturated carbocycles. The largest absolute Gasteiger partial charge is 0.478 e. The second kappa shape index (κ2) is 5.46. The van der Waals surface area contributed by atoms with Gasteiger partial charge in [0.2, 0.25) is 0 Å². The molecule has 2 heterocycles. The van der Waals surface area contributed by atoms with E-state index in [1.54, 1.807) is 4.90 Å². The fraction of sp³-hybridized carbons (Fsp3) is 0.364. The van der Waals surface area contributed by atoms with E-state index in [1.807, 2.05) is 0 Å². The summed E-state index contributed by atoms with van der Waals surface area (Å²) >= 11 is 0. The topological polar surface area (TPSA) is 94.6 Å². The second-order valence-corrected chi connectivity index (χ2v) is 3.93. The summed E-state index contributed by atoms with van der Waals surface area (Å²) in [5.74, 6) is -1.07. The van der Waals surface area contributed by atoms with Crippen LogP contribution in [0.4, 0.5) is 10.5 Å². The monoisotopic (exact) mass is 250 g/mol. The summed E-state index contributed by atoms with van der Waals surface area (Å²) in [6.07, 6.45) is 2.66. The number of amides is 2. The number of nitrogens with one attached hydrogen (secondary N) is 2. The Bertz CT molecular complexity index is 457. The Morgan fingerprint density at radius 1 is 1.33 bits per heavy atom. The van der Waals surface area contributed by atoms with Gasteiger partial charge in [-0.25, -0.2) is 9.59 Å².